The summed E-state index contributed by atoms with van der Waals surface area (Å²) in [6, 6.07) is 13.3. The van der Waals surface area contributed by atoms with Crippen LogP contribution in [0.4, 0.5) is 10.1 Å². The van der Waals surface area contributed by atoms with E-state index in [0.29, 0.717) is 18.5 Å². The van der Waals surface area contributed by atoms with Gasteiger partial charge < -0.3 is 10.0 Å². The van der Waals surface area contributed by atoms with Crippen LogP contribution in [0.1, 0.15) is 29.3 Å². The Morgan fingerprint density at radius 2 is 1.86 bits per heavy atom. The number of rotatable bonds is 5. The standard InChI is InChI=1S/C18H18FNO2/c1-3-12-20(18(22)14-8-5-4-6-9-14)16-11-7-10-15(13(2)21)17(16)19/h4-11,21H,2-3,12H2,1H3. The SMILES string of the molecule is C=C(O)c1cccc(N(CCC)C(=O)c2ccccc2)c1F. The van der Waals surface area contributed by atoms with Gasteiger partial charge >= 0.3 is 0 Å². The summed E-state index contributed by atoms with van der Waals surface area (Å²) in [5.74, 6) is -1.28. The second-order valence-corrected chi connectivity index (χ2v) is 4.91. The fourth-order valence-corrected chi connectivity index (χ4v) is 2.24. The quantitative estimate of drug-likeness (QED) is 0.831. The fourth-order valence-electron chi connectivity index (χ4n) is 2.24. The first-order chi connectivity index (χ1) is 10.6. The molecular weight excluding hydrogens is 281 g/mol. The van der Waals surface area contributed by atoms with E-state index in [9.17, 15) is 14.3 Å². The number of amides is 1. The highest BCUT2D eigenvalue weighted by Gasteiger charge is 2.21. The lowest BCUT2D eigenvalue weighted by molar-refractivity contribution is 0.0986. The molecule has 2 rings (SSSR count). The molecule has 22 heavy (non-hydrogen) atoms. The monoisotopic (exact) mass is 299 g/mol. The van der Waals surface area contributed by atoms with Gasteiger partial charge in [-0.05, 0) is 30.7 Å². The van der Waals surface area contributed by atoms with E-state index < -0.39 is 5.82 Å². The van der Waals surface area contributed by atoms with Crippen molar-refractivity contribution >= 4 is 17.4 Å². The fraction of sp³-hybridized carbons (Fsp3) is 0.167. The molecule has 2 aromatic carbocycles. The number of halogens is 1. The maximum absolute atomic E-state index is 14.6. The molecule has 0 saturated heterocycles. The van der Waals surface area contributed by atoms with Gasteiger partial charge in [-0.1, -0.05) is 37.8 Å². The van der Waals surface area contributed by atoms with Gasteiger partial charge in [0.1, 0.15) is 5.76 Å². The van der Waals surface area contributed by atoms with Crippen molar-refractivity contribution in [2.24, 2.45) is 0 Å². The molecule has 0 atom stereocenters. The van der Waals surface area contributed by atoms with Crippen molar-refractivity contribution in [1.29, 1.82) is 0 Å². The van der Waals surface area contributed by atoms with Gasteiger partial charge in [-0.25, -0.2) is 4.39 Å². The number of carbonyl (C=O) groups excluding carboxylic acids is 1. The highest BCUT2D eigenvalue weighted by molar-refractivity contribution is 6.06. The summed E-state index contributed by atoms with van der Waals surface area (Å²) in [6.07, 6.45) is 0.683. The molecule has 0 radical (unpaired) electrons. The van der Waals surface area contributed by atoms with Crippen molar-refractivity contribution < 1.29 is 14.3 Å². The van der Waals surface area contributed by atoms with Crippen LogP contribution in [-0.4, -0.2) is 17.6 Å². The van der Waals surface area contributed by atoms with Gasteiger partial charge in [-0.3, -0.25) is 4.79 Å². The van der Waals surface area contributed by atoms with E-state index >= 15 is 0 Å². The number of benzene rings is 2. The van der Waals surface area contributed by atoms with E-state index in [1.165, 1.54) is 17.0 Å². The van der Waals surface area contributed by atoms with Crippen LogP contribution in [0.5, 0.6) is 0 Å². The van der Waals surface area contributed by atoms with Crippen LogP contribution >= 0.6 is 0 Å². The van der Waals surface area contributed by atoms with Gasteiger partial charge in [0, 0.05) is 12.1 Å². The van der Waals surface area contributed by atoms with Crippen molar-refractivity contribution in [2.45, 2.75) is 13.3 Å². The molecule has 2 aromatic rings. The first kappa shape index (κ1) is 15.8. The highest BCUT2D eigenvalue weighted by Crippen LogP contribution is 2.27. The van der Waals surface area contributed by atoms with E-state index in [-0.39, 0.29) is 22.9 Å². The van der Waals surface area contributed by atoms with Crippen molar-refractivity contribution in [3.63, 3.8) is 0 Å². The molecule has 4 heteroatoms. The maximum Gasteiger partial charge on any atom is 0.258 e. The van der Waals surface area contributed by atoms with Crippen LogP contribution in [0, 0.1) is 5.82 Å². The Kier molecular flexibility index (Phi) is 4.94. The van der Waals surface area contributed by atoms with Crippen molar-refractivity contribution in [3.8, 4) is 0 Å². The van der Waals surface area contributed by atoms with Crippen molar-refractivity contribution in [2.75, 3.05) is 11.4 Å². The zero-order valence-corrected chi connectivity index (χ0v) is 12.4. The Balaban J connectivity index is 2.47. The number of hydrogen-bond acceptors (Lipinski definition) is 2. The lowest BCUT2D eigenvalue weighted by atomic mass is 10.1. The molecule has 0 fully saturated rings. The molecule has 1 amide bonds. The third kappa shape index (κ3) is 3.17. The summed E-state index contributed by atoms with van der Waals surface area (Å²) in [5.41, 5.74) is 0.631. The Labute approximate surface area is 129 Å². The van der Waals surface area contributed by atoms with Gasteiger partial charge in [0.2, 0.25) is 0 Å². The average molecular weight is 299 g/mol. The van der Waals surface area contributed by atoms with Gasteiger partial charge in [0.15, 0.2) is 5.82 Å². The van der Waals surface area contributed by atoms with E-state index in [4.69, 9.17) is 0 Å². The summed E-state index contributed by atoms with van der Waals surface area (Å²) in [4.78, 5) is 14.0. The molecule has 0 aliphatic carbocycles. The first-order valence-corrected chi connectivity index (χ1v) is 7.10. The number of aliphatic hydroxyl groups is 1. The molecule has 0 aliphatic rings. The normalized spacial score (nSPS) is 10.3. The number of anilines is 1. The Morgan fingerprint density at radius 3 is 2.45 bits per heavy atom. The number of nitrogens with zero attached hydrogens (tertiary/aromatic N) is 1. The minimum absolute atomic E-state index is 0.000496. The summed E-state index contributed by atoms with van der Waals surface area (Å²) < 4.78 is 14.6. The third-order valence-corrected chi connectivity index (χ3v) is 3.29. The van der Waals surface area contributed by atoms with E-state index in [1.807, 2.05) is 13.0 Å². The van der Waals surface area contributed by atoms with Crippen LogP contribution in [0.3, 0.4) is 0 Å². The number of carbonyl (C=O) groups is 1. The predicted octanol–water partition coefficient (Wildman–Crippen LogP) is 4.41. The predicted molar refractivity (Wildman–Crippen MR) is 86.5 cm³/mol. The molecular formula is C18H18FNO2. The van der Waals surface area contributed by atoms with Crippen LogP contribution in [0.25, 0.3) is 5.76 Å². The highest BCUT2D eigenvalue weighted by atomic mass is 19.1. The van der Waals surface area contributed by atoms with Crippen molar-refractivity contribution in [1.82, 2.24) is 0 Å². The Bertz CT molecular complexity index is 683. The smallest absolute Gasteiger partial charge is 0.258 e. The average Bonchev–Trinajstić information content (AvgIpc) is 2.53. The molecule has 0 bridgehead atoms. The lowest BCUT2D eigenvalue weighted by Crippen LogP contribution is -2.32. The molecule has 114 valence electrons. The Hall–Kier alpha value is -2.62. The molecule has 0 saturated carbocycles. The maximum atomic E-state index is 14.6. The van der Waals surface area contributed by atoms with Gasteiger partial charge in [-0.15, -0.1) is 0 Å². The van der Waals surface area contributed by atoms with Crippen molar-refractivity contribution in [3.05, 3.63) is 72.1 Å². The largest absolute Gasteiger partial charge is 0.508 e. The minimum atomic E-state index is -0.646. The molecule has 0 aliphatic heterocycles. The second kappa shape index (κ2) is 6.89. The van der Waals surface area contributed by atoms with E-state index in [1.54, 1.807) is 30.3 Å². The third-order valence-electron chi connectivity index (χ3n) is 3.29. The van der Waals surface area contributed by atoms with Crippen LogP contribution in [-0.2, 0) is 0 Å². The topological polar surface area (TPSA) is 40.5 Å². The van der Waals surface area contributed by atoms with E-state index in [2.05, 4.69) is 6.58 Å². The summed E-state index contributed by atoms with van der Waals surface area (Å²) >= 11 is 0. The number of aliphatic hydroxyl groups excluding tert-OH is 1. The minimum Gasteiger partial charge on any atom is -0.508 e. The lowest BCUT2D eigenvalue weighted by Gasteiger charge is -2.23. The summed E-state index contributed by atoms with van der Waals surface area (Å²) in [6.45, 7) is 5.64. The van der Waals surface area contributed by atoms with Crippen LogP contribution in [0.15, 0.2) is 55.1 Å². The van der Waals surface area contributed by atoms with E-state index in [0.717, 1.165) is 0 Å². The molecule has 0 heterocycles. The Morgan fingerprint density at radius 1 is 1.18 bits per heavy atom. The molecule has 0 spiro atoms. The summed E-state index contributed by atoms with van der Waals surface area (Å²) in [7, 11) is 0. The first-order valence-electron chi connectivity index (χ1n) is 7.10. The molecule has 1 N–H and O–H groups in total. The van der Waals surface area contributed by atoms with Crippen LogP contribution in [0.2, 0.25) is 0 Å². The summed E-state index contributed by atoms with van der Waals surface area (Å²) in [5, 5.41) is 9.46. The zero-order chi connectivity index (χ0) is 16.1. The zero-order valence-electron chi connectivity index (χ0n) is 12.4. The molecule has 0 unspecified atom stereocenters. The molecule has 3 nitrogen and oxygen atoms in total. The van der Waals surface area contributed by atoms with Gasteiger partial charge in [0.05, 0.1) is 11.3 Å². The van der Waals surface area contributed by atoms with Gasteiger partial charge in [-0.2, -0.15) is 0 Å². The number of hydrogen-bond donors (Lipinski definition) is 1. The second-order valence-electron chi connectivity index (χ2n) is 4.91. The van der Waals surface area contributed by atoms with Gasteiger partial charge in [0.25, 0.3) is 5.91 Å². The van der Waals surface area contributed by atoms with Crippen LogP contribution < -0.4 is 4.90 Å². The molecule has 0 aromatic heterocycles.